The van der Waals surface area contributed by atoms with Gasteiger partial charge in [0.1, 0.15) is 6.10 Å². The molecule has 53 heavy (non-hydrogen) atoms. The van der Waals surface area contributed by atoms with Crippen LogP contribution in [-0.4, -0.2) is 77.6 Å². The highest BCUT2D eigenvalue weighted by Gasteiger charge is 2.71. The van der Waals surface area contributed by atoms with Crippen molar-refractivity contribution in [3.63, 3.8) is 0 Å². The number of amides is 1. The van der Waals surface area contributed by atoms with Crippen molar-refractivity contribution in [2.45, 2.75) is 152 Å². The maximum Gasteiger partial charge on any atom is 0.309 e. The van der Waals surface area contributed by atoms with Crippen molar-refractivity contribution in [2.24, 2.45) is 62.1 Å². The molecule has 6 rings (SSSR count). The Morgan fingerprint density at radius 3 is 2.21 bits per heavy atom. The van der Waals surface area contributed by atoms with Gasteiger partial charge in [0.05, 0.1) is 24.5 Å². The molecule has 9 nitrogen and oxygen atoms in total. The minimum Gasteiger partial charge on any atom is -0.481 e. The Morgan fingerprint density at radius 1 is 0.925 bits per heavy atom. The zero-order valence-electron chi connectivity index (χ0n) is 34.5. The number of ether oxygens (including phenoxy) is 1. The van der Waals surface area contributed by atoms with Gasteiger partial charge in [0.2, 0.25) is 5.91 Å². The van der Waals surface area contributed by atoms with E-state index in [1.165, 1.54) is 5.57 Å². The second-order valence-electron chi connectivity index (χ2n) is 20.8. The fraction of sp³-hybridized carbons (Fsp3) is 0.864. The highest BCUT2D eigenvalue weighted by molar-refractivity contribution is 6.00. The summed E-state index contributed by atoms with van der Waals surface area (Å²) >= 11 is 0. The maximum absolute atomic E-state index is 14.1. The molecule has 0 heterocycles. The molecule has 5 saturated carbocycles. The van der Waals surface area contributed by atoms with E-state index in [1.54, 1.807) is 20.9 Å². The summed E-state index contributed by atoms with van der Waals surface area (Å²) in [6.07, 6.45) is 8.96. The third-order valence-corrected chi connectivity index (χ3v) is 16.8. The SMILES string of the molecule is CNCC(=O)N(CC1CC1)C[C@H](O)[C@@]12CC[C@]3(C)[C@H](CC[C@@H]4[C@@]5(C)CC[C@H](OC(=O)CC(C)(C)C(=O)O)C(C)(C)[C@@H]5CC[C@]43C)C1=C(C(C)C)C(=O)C2. The van der Waals surface area contributed by atoms with Gasteiger partial charge in [-0.3, -0.25) is 19.2 Å². The number of hydrogen-bond acceptors (Lipinski definition) is 7. The van der Waals surface area contributed by atoms with E-state index in [9.17, 15) is 29.4 Å². The van der Waals surface area contributed by atoms with Crippen LogP contribution in [-0.2, 0) is 23.9 Å². The van der Waals surface area contributed by atoms with Crippen LogP contribution >= 0.6 is 0 Å². The van der Waals surface area contributed by atoms with E-state index < -0.39 is 28.9 Å². The Labute approximate surface area is 318 Å². The lowest BCUT2D eigenvalue weighted by molar-refractivity contribution is -0.235. The molecular weight excluding hydrogens is 668 g/mol. The Balaban J connectivity index is 1.29. The van der Waals surface area contributed by atoms with E-state index in [-0.39, 0.29) is 70.8 Å². The van der Waals surface area contributed by atoms with Crippen LogP contribution in [0.1, 0.15) is 139 Å². The van der Waals surface area contributed by atoms with Gasteiger partial charge < -0.3 is 25.2 Å². The summed E-state index contributed by atoms with van der Waals surface area (Å²) in [6, 6.07) is 0. The van der Waals surface area contributed by atoms with E-state index in [0.717, 1.165) is 69.8 Å². The quantitative estimate of drug-likeness (QED) is 0.179. The number of aliphatic hydroxyl groups is 1. The summed E-state index contributed by atoms with van der Waals surface area (Å²) in [6.45, 7) is 20.7. The number of likely N-dealkylation sites (N-methyl/N-ethyl adjacent to an activating group) is 1. The number of rotatable bonds is 12. The smallest absolute Gasteiger partial charge is 0.309 e. The number of allylic oxidation sites excluding steroid dienone is 1. The molecule has 5 fully saturated rings. The largest absolute Gasteiger partial charge is 0.481 e. The molecule has 0 aromatic rings. The first-order valence-electron chi connectivity index (χ1n) is 20.9. The number of Topliss-reactive ketones (excluding diaryl/α,β-unsaturated/α-hetero) is 1. The Bertz CT molecular complexity index is 1530. The number of hydrogen-bond donors (Lipinski definition) is 3. The predicted molar refractivity (Wildman–Crippen MR) is 205 cm³/mol. The molecule has 6 aliphatic rings. The zero-order valence-corrected chi connectivity index (χ0v) is 34.5. The van der Waals surface area contributed by atoms with Crippen molar-refractivity contribution in [3.05, 3.63) is 11.1 Å². The molecule has 0 aliphatic heterocycles. The van der Waals surface area contributed by atoms with Crippen LogP contribution < -0.4 is 5.32 Å². The predicted octanol–water partition coefficient (Wildman–Crippen LogP) is 7.20. The Morgan fingerprint density at radius 2 is 1.60 bits per heavy atom. The average Bonchev–Trinajstić information content (AvgIpc) is 3.81. The van der Waals surface area contributed by atoms with Gasteiger partial charge in [0, 0.05) is 30.3 Å². The van der Waals surface area contributed by atoms with Crippen LogP contribution in [0.5, 0.6) is 0 Å². The summed E-state index contributed by atoms with van der Waals surface area (Å²) in [5.41, 5.74) is 0.122. The van der Waals surface area contributed by atoms with Crippen molar-refractivity contribution < 1.29 is 34.1 Å². The fourth-order valence-corrected chi connectivity index (χ4v) is 13.4. The third-order valence-electron chi connectivity index (χ3n) is 16.8. The molecule has 0 aromatic heterocycles. The molecule has 1 amide bonds. The summed E-state index contributed by atoms with van der Waals surface area (Å²) in [4.78, 5) is 54.2. The first-order valence-corrected chi connectivity index (χ1v) is 20.9. The van der Waals surface area contributed by atoms with Crippen molar-refractivity contribution in [2.75, 3.05) is 26.7 Å². The van der Waals surface area contributed by atoms with Gasteiger partial charge in [-0.2, -0.15) is 0 Å². The number of aliphatic hydroxyl groups excluding tert-OH is 1. The molecular formula is C44H70N2O7. The number of carboxylic acids is 1. The van der Waals surface area contributed by atoms with Gasteiger partial charge in [-0.1, -0.05) is 54.0 Å². The number of nitrogens with one attached hydrogen (secondary N) is 1. The van der Waals surface area contributed by atoms with E-state index in [4.69, 9.17) is 4.74 Å². The lowest BCUT2D eigenvalue weighted by Gasteiger charge is -2.72. The molecule has 9 heteroatoms. The standard InChI is InChI=1S/C44H70N2O7/c1-26(2)36-29(47)21-44(32(48)25-46(24-27-11-12-27)34(49)23-45-10)20-19-42(8)28(37(36)44)13-14-31-41(7)17-16-33(53-35(50)22-39(3,4)38(51)52)40(5,6)30(41)15-18-43(31,42)9/h26-28,30-33,45,48H,11-25H2,1-10H3,(H,51,52)/t28-,30+,31-,32+,33+,41+,42-,43-,44+/m1/s1. The van der Waals surface area contributed by atoms with Crippen LogP contribution in [0.2, 0.25) is 0 Å². The molecule has 0 radical (unpaired) electrons. The van der Waals surface area contributed by atoms with E-state index in [2.05, 4.69) is 53.8 Å². The van der Waals surface area contributed by atoms with Crippen molar-refractivity contribution in [1.82, 2.24) is 10.2 Å². The first-order chi connectivity index (χ1) is 24.6. The normalized spacial score (nSPS) is 38.4. The minimum atomic E-state index is -1.17. The van der Waals surface area contributed by atoms with Crippen molar-refractivity contribution >= 4 is 23.6 Å². The van der Waals surface area contributed by atoms with Gasteiger partial charge in [-0.15, -0.1) is 0 Å². The number of aliphatic carboxylic acids is 1. The number of carbonyl (C=O) groups excluding carboxylic acids is 3. The second kappa shape index (κ2) is 13.7. The van der Waals surface area contributed by atoms with Gasteiger partial charge in [-0.25, -0.2) is 0 Å². The molecule has 9 atom stereocenters. The van der Waals surface area contributed by atoms with Crippen LogP contribution in [0.15, 0.2) is 11.1 Å². The van der Waals surface area contributed by atoms with Crippen LogP contribution in [0.3, 0.4) is 0 Å². The molecule has 0 unspecified atom stereocenters. The third kappa shape index (κ3) is 6.43. The van der Waals surface area contributed by atoms with Crippen molar-refractivity contribution in [1.29, 1.82) is 0 Å². The Kier molecular flexibility index (Phi) is 10.5. The van der Waals surface area contributed by atoms with E-state index >= 15 is 0 Å². The van der Waals surface area contributed by atoms with Gasteiger partial charge in [0.15, 0.2) is 5.78 Å². The lowest BCUT2D eigenvalue weighted by Crippen LogP contribution is -2.66. The molecule has 0 bridgehead atoms. The van der Waals surface area contributed by atoms with Crippen LogP contribution in [0.4, 0.5) is 0 Å². The fourth-order valence-electron chi connectivity index (χ4n) is 13.4. The highest BCUT2D eigenvalue weighted by atomic mass is 16.5. The maximum atomic E-state index is 14.1. The highest BCUT2D eigenvalue weighted by Crippen LogP contribution is 2.77. The van der Waals surface area contributed by atoms with Crippen LogP contribution in [0.25, 0.3) is 0 Å². The minimum absolute atomic E-state index is 0.0176. The molecule has 298 valence electrons. The van der Waals surface area contributed by atoms with Gasteiger partial charge in [-0.05, 0) is 137 Å². The topological polar surface area (TPSA) is 133 Å². The lowest BCUT2D eigenvalue weighted by atomic mass is 9.33. The van der Waals surface area contributed by atoms with Gasteiger partial charge in [0.25, 0.3) is 0 Å². The number of carboxylic acid groups (broad SMARTS) is 1. The molecule has 0 saturated heterocycles. The number of nitrogens with zero attached hydrogens (tertiary/aromatic N) is 1. The molecule has 3 N–H and O–H groups in total. The molecule has 0 aromatic carbocycles. The van der Waals surface area contributed by atoms with Crippen LogP contribution in [0, 0.1) is 62.1 Å². The monoisotopic (exact) mass is 739 g/mol. The second-order valence-corrected chi connectivity index (χ2v) is 20.8. The van der Waals surface area contributed by atoms with Crippen molar-refractivity contribution in [3.8, 4) is 0 Å². The van der Waals surface area contributed by atoms with Gasteiger partial charge >= 0.3 is 11.9 Å². The summed E-state index contributed by atoms with van der Waals surface area (Å²) in [7, 11) is 1.79. The van der Waals surface area contributed by atoms with E-state index in [1.807, 2.05) is 4.90 Å². The van der Waals surface area contributed by atoms with E-state index in [0.29, 0.717) is 30.7 Å². The summed E-state index contributed by atoms with van der Waals surface area (Å²) in [5, 5.41) is 25.0. The zero-order chi connectivity index (χ0) is 39.1. The number of fused-ring (bicyclic) bond motifs is 7. The Hall–Kier alpha value is -2.26. The average molecular weight is 739 g/mol. The number of carbonyl (C=O) groups is 4. The molecule has 0 spiro atoms. The first kappa shape index (κ1) is 40.4. The number of esters is 1. The number of ketones is 1. The summed E-state index contributed by atoms with van der Waals surface area (Å²) in [5.74, 6) is 0.369. The summed E-state index contributed by atoms with van der Waals surface area (Å²) < 4.78 is 6.17. The molecule has 6 aliphatic carbocycles.